The molecule has 0 aromatic carbocycles. The molecular weight excluding hydrogens is 290 g/mol. The third-order valence-electron chi connectivity index (χ3n) is 3.84. The fraction of sp³-hybridized carbons (Fsp3) is 0.562. The van der Waals surface area contributed by atoms with E-state index < -0.39 is 12.3 Å². The molecule has 22 heavy (non-hydrogen) atoms. The van der Waals surface area contributed by atoms with Gasteiger partial charge in [-0.3, -0.25) is 9.69 Å². The van der Waals surface area contributed by atoms with E-state index in [1.54, 1.807) is 6.26 Å². The minimum Gasteiger partial charge on any atom is -0.465 e. The lowest BCUT2D eigenvalue weighted by Crippen LogP contribution is -2.38. The number of furan rings is 1. The van der Waals surface area contributed by atoms with E-state index in [2.05, 4.69) is 16.3 Å². The highest BCUT2D eigenvalue weighted by molar-refractivity contribution is 5.78. The van der Waals surface area contributed by atoms with Crippen molar-refractivity contribution in [2.75, 3.05) is 26.2 Å². The topological polar surface area (TPSA) is 45.5 Å². The lowest BCUT2D eigenvalue weighted by atomic mass is 9.95. The van der Waals surface area contributed by atoms with E-state index in [0.29, 0.717) is 12.5 Å². The van der Waals surface area contributed by atoms with E-state index in [9.17, 15) is 13.6 Å². The second-order valence-electron chi connectivity index (χ2n) is 5.57. The van der Waals surface area contributed by atoms with Crippen molar-refractivity contribution < 1.29 is 18.0 Å². The zero-order valence-electron chi connectivity index (χ0n) is 12.5. The number of hydrogen-bond donors (Lipinski definition) is 1. The number of carbonyl (C=O) groups excluding carboxylic acids is 1. The normalized spacial score (nSPS) is 19.9. The standard InChI is InChI=1S/C16H22F2N2O2/c17-15(18)16(21)19-8-7-13-4-1-9-20(12-13)10-2-5-14-6-3-11-22-14/h2-3,5-6,11,13,15H,1,4,7-10,12H2,(H,19,21)/b5-2+. The molecule has 1 aromatic heterocycles. The first-order valence-electron chi connectivity index (χ1n) is 7.63. The molecule has 1 atom stereocenters. The number of amides is 1. The van der Waals surface area contributed by atoms with Crippen LogP contribution in [0.5, 0.6) is 0 Å². The van der Waals surface area contributed by atoms with Crippen LogP contribution in [0, 0.1) is 5.92 Å². The van der Waals surface area contributed by atoms with E-state index in [1.807, 2.05) is 18.2 Å². The maximum atomic E-state index is 12.1. The van der Waals surface area contributed by atoms with Crippen LogP contribution in [0.25, 0.3) is 6.08 Å². The highest BCUT2D eigenvalue weighted by Crippen LogP contribution is 2.19. The lowest BCUT2D eigenvalue weighted by Gasteiger charge is -2.32. The van der Waals surface area contributed by atoms with Gasteiger partial charge in [-0.25, -0.2) is 0 Å². The molecule has 2 heterocycles. The second-order valence-corrected chi connectivity index (χ2v) is 5.57. The maximum Gasteiger partial charge on any atom is 0.315 e. The molecule has 1 amide bonds. The highest BCUT2D eigenvalue weighted by atomic mass is 19.3. The quantitative estimate of drug-likeness (QED) is 0.842. The number of halogens is 2. The van der Waals surface area contributed by atoms with Gasteiger partial charge in [-0.1, -0.05) is 6.08 Å². The zero-order valence-corrected chi connectivity index (χ0v) is 12.5. The van der Waals surface area contributed by atoms with Crippen molar-refractivity contribution in [1.82, 2.24) is 10.2 Å². The molecule has 0 saturated carbocycles. The van der Waals surface area contributed by atoms with Gasteiger partial charge in [-0.2, -0.15) is 8.78 Å². The number of nitrogens with zero attached hydrogens (tertiary/aromatic N) is 1. The molecule has 1 fully saturated rings. The van der Waals surface area contributed by atoms with Crippen molar-refractivity contribution in [2.24, 2.45) is 5.92 Å². The first-order valence-corrected chi connectivity index (χ1v) is 7.63. The van der Waals surface area contributed by atoms with Gasteiger partial charge in [0.2, 0.25) is 0 Å². The van der Waals surface area contributed by atoms with Gasteiger partial charge >= 0.3 is 6.43 Å². The van der Waals surface area contributed by atoms with Crippen LogP contribution >= 0.6 is 0 Å². The number of alkyl halides is 2. The number of likely N-dealkylation sites (tertiary alicyclic amines) is 1. The van der Waals surface area contributed by atoms with Crippen LogP contribution in [0.15, 0.2) is 28.9 Å². The Morgan fingerprint density at radius 1 is 1.55 bits per heavy atom. The molecule has 1 N–H and O–H groups in total. The molecule has 4 nitrogen and oxygen atoms in total. The fourth-order valence-corrected chi connectivity index (χ4v) is 2.73. The lowest BCUT2D eigenvalue weighted by molar-refractivity contribution is -0.131. The summed E-state index contributed by atoms with van der Waals surface area (Å²) >= 11 is 0. The number of hydrogen-bond acceptors (Lipinski definition) is 3. The van der Waals surface area contributed by atoms with Crippen molar-refractivity contribution in [3.8, 4) is 0 Å². The number of piperidine rings is 1. The molecular formula is C16H22F2N2O2. The Morgan fingerprint density at radius 2 is 2.41 bits per heavy atom. The minimum absolute atomic E-state index is 0.323. The molecule has 2 rings (SSSR count). The van der Waals surface area contributed by atoms with Crippen molar-refractivity contribution in [2.45, 2.75) is 25.7 Å². The Labute approximate surface area is 129 Å². The number of nitrogens with one attached hydrogen (secondary N) is 1. The van der Waals surface area contributed by atoms with Gasteiger partial charge in [-0.15, -0.1) is 0 Å². The molecule has 1 aliphatic rings. The summed E-state index contributed by atoms with van der Waals surface area (Å²) in [4.78, 5) is 13.1. The average Bonchev–Trinajstić information content (AvgIpc) is 3.01. The monoisotopic (exact) mass is 312 g/mol. The summed E-state index contributed by atoms with van der Waals surface area (Å²) in [5.74, 6) is 0.112. The molecule has 1 aromatic rings. The summed E-state index contributed by atoms with van der Waals surface area (Å²) in [5, 5.41) is 2.27. The predicted octanol–water partition coefficient (Wildman–Crippen LogP) is 2.78. The average molecular weight is 312 g/mol. The van der Waals surface area contributed by atoms with Gasteiger partial charge < -0.3 is 9.73 Å². The minimum atomic E-state index is -2.92. The maximum absolute atomic E-state index is 12.1. The SMILES string of the molecule is O=C(NCCC1CCCN(C/C=C/c2ccco2)C1)C(F)F. The molecule has 0 aliphatic carbocycles. The third kappa shape index (κ3) is 5.60. The van der Waals surface area contributed by atoms with Gasteiger partial charge in [0.05, 0.1) is 6.26 Å². The summed E-state index contributed by atoms with van der Waals surface area (Å²) in [7, 11) is 0. The molecule has 6 heteroatoms. The zero-order chi connectivity index (χ0) is 15.8. The van der Waals surface area contributed by atoms with Crippen LogP contribution in [0.3, 0.4) is 0 Å². The van der Waals surface area contributed by atoms with Crippen LogP contribution in [0.1, 0.15) is 25.0 Å². The van der Waals surface area contributed by atoms with Gasteiger partial charge in [0.25, 0.3) is 5.91 Å². The summed E-state index contributed by atoms with van der Waals surface area (Å²) < 4.78 is 29.4. The summed E-state index contributed by atoms with van der Waals surface area (Å²) in [5.41, 5.74) is 0. The fourth-order valence-electron chi connectivity index (χ4n) is 2.73. The van der Waals surface area contributed by atoms with Gasteiger partial charge in [0.15, 0.2) is 0 Å². The smallest absolute Gasteiger partial charge is 0.315 e. The van der Waals surface area contributed by atoms with Crippen LogP contribution in [0.2, 0.25) is 0 Å². The summed E-state index contributed by atoms with van der Waals surface area (Å²) in [6.45, 7) is 3.15. The van der Waals surface area contributed by atoms with Crippen molar-refractivity contribution in [3.05, 3.63) is 30.2 Å². The molecule has 1 saturated heterocycles. The van der Waals surface area contributed by atoms with E-state index in [1.165, 1.54) is 0 Å². The molecule has 0 spiro atoms. The van der Waals surface area contributed by atoms with Crippen LogP contribution in [-0.2, 0) is 4.79 Å². The molecule has 0 bridgehead atoms. The summed E-state index contributed by atoms with van der Waals surface area (Å²) in [6.07, 6.45) is 5.67. The Balaban J connectivity index is 1.67. The van der Waals surface area contributed by atoms with Crippen LogP contribution in [0.4, 0.5) is 8.78 Å². The summed E-state index contributed by atoms with van der Waals surface area (Å²) in [6, 6.07) is 3.76. The first kappa shape index (κ1) is 16.7. The Hall–Kier alpha value is -1.69. The van der Waals surface area contributed by atoms with Gasteiger partial charge in [0.1, 0.15) is 5.76 Å². The van der Waals surface area contributed by atoms with Crippen molar-refractivity contribution in [1.29, 1.82) is 0 Å². The van der Waals surface area contributed by atoms with Gasteiger partial charge in [-0.05, 0) is 49.9 Å². The Bertz CT molecular complexity index is 475. The molecule has 0 radical (unpaired) electrons. The molecule has 122 valence electrons. The predicted molar refractivity (Wildman–Crippen MR) is 80.5 cm³/mol. The Morgan fingerprint density at radius 3 is 3.14 bits per heavy atom. The van der Waals surface area contributed by atoms with E-state index >= 15 is 0 Å². The van der Waals surface area contributed by atoms with E-state index in [4.69, 9.17) is 4.42 Å². The van der Waals surface area contributed by atoms with E-state index in [-0.39, 0.29) is 0 Å². The van der Waals surface area contributed by atoms with E-state index in [0.717, 1.165) is 44.7 Å². The van der Waals surface area contributed by atoms with Crippen LogP contribution in [-0.4, -0.2) is 43.4 Å². The third-order valence-corrected chi connectivity index (χ3v) is 3.84. The molecule has 1 unspecified atom stereocenters. The Kier molecular flexibility index (Phi) is 6.58. The highest BCUT2D eigenvalue weighted by Gasteiger charge is 2.20. The number of carbonyl (C=O) groups is 1. The van der Waals surface area contributed by atoms with Crippen LogP contribution < -0.4 is 5.32 Å². The second kappa shape index (κ2) is 8.68. The largest absolute Gasteiger partial charge is 0.465 e. The van der Waals surface area contributed by atoms with Gasteiger partial charge in [0, 0.05) is 19.6 Å². The van der Waals surface area contributed by atoms with Crippen molar-refractivity contribution in [3.63, 3.8) is 0 Å². The first-order chi connectivity index (χ1) is 10.6. The molecule has 1 aliphatic heterocycles. The van der Waals surface area contributed by atoms with Crippen molar-refractivity contribution >= 4 is 12.0 Å². The number of rotatable bonds is 7.